The minimum absolute atomic E-state index is 0.0135. The van der Waals surface area contributed by atoms with E-state index in [1.165, 1.54) is 12.1 Å². The standard InChI is InChI=1S/C13H15F2N3O3/c14-13(15)20-10-2-1-9(7-11(10)21-13)17-8-3-5-18(6-4-8)12(16)19/h1-2,7-8,17H,3-6H2,(H2,16,19). The number of amides is 2. The van der Waals surface area contributed by atoms with Crippen molar-refractivity contribution in [2.75, 3.05) is 18.4 Å². The maximum atomic E-state index is 12.9. The lowest BCUT2D eigenvalue weighted by molar-refractivity contribution is -0.286. The topological polar surface area (TPSA) is 76.8 Å². The Morgan fingerprint density at radius 1 is 1.29 bits per heavy atom. The second-order valence-electron chi connectivity index (χ2n) is 5.07. The first-order chi connectivity index (χ1) is 9.93. The van der Waals surface area contributed by atoms with E-state index in [-0.39, 0.29) is 17.5 Å². The van der Waals surface area contributed by atoms with Gasteiger partial charge in [0.15, 0.2) is 11.5 Å². The van der Waals surface area contributed by atoms with E-state index >= 15 is 0 Å². The van der Waals surface area contributed by atoms with E-state index < -0.39 is 12.3 Å². The molecule has 8 heteroatoms. The van der Waals surface area contributed by atoms with E-state index in [0.717, 1.165) is 12.8 Å². The number of alkyl halides is 2. The van der Waals surface area contributed by atoms with Crippen LogP contribution in [0.2, 0.25) is 0 Å². The van der Waals surface area contributed by atoms with E-state index in [4.69, 9.17) is 5.73 Å². The maximum absolute atomic E-state index is 12.9. The molecule has 0 bridgehead atoms. The van der Waals surface area contributed by atoms with Gasteiger partial charge in [-0.15, -0.1) is 8.78 Å². The Kier molecular flexibility index (Phi) is 3.23. The van der Waals surface area contributed by atoms with Crippen molar-refractivity contribution in [2.45, 2.75) is 25.2 Å². The van der Waals surface area contributed by atoms with Crippen LogP contribution in [0.1, 0.15) is 12.8 Å². The van der Waals surface area contributed by atoms with Gasteiger partial charge in [0.05, 0.1) is 0 Å². The zero-order valence-electron chi connectivity index (χ0n) is 11.1. The summed E-state index contributed by atoms with van der Waals surface area (Å²) >= 11 is 0. The van der Waals surface area contributed by atoms with Crippen LogP contribution in [0.15, 0.2) is 18.2 Å². The number of nitrogens with two attached hydrogens (primary N) is 1. The normalized spacial score (nSPS) is 20.4. The molecule has 2 heterocycles. The third-order valence-corrected chi connectivity index (χ3v) is 3.58. The summed E-state index contributed by atoms with van der Waals surface area (Å²) in [6.07, 6.45) is -2.12. The number of ether oxygens (including phenoxy) is 2. The molecule has 3 rings (SSSR count). The monoisotopic (exact) mass is 299 g/mol. The average Bonchev–Trinajstić information content (AvgIpc) is 2.72. The Morgan fingerprint density at radius 2 is 1.95 bits per heavy atom. The van der Waals surface area contributed by atoms with Crippen molar-refractivity contribution < 1.29 is 23.0 Å². The van der Waals surface area contributed by atoms with Crippen LogP contribution in [-0.2, 0) is 0 Å². The number of urea groups is 1. The molecule has 0 aliphatic carbocycles. The summed E-state index contributed by atoms with van der Waals surface area (Å²) in [5.74, 6) is 0.0358. The van der Waals surface area contributed by atoms with Gasteiger partial charge in [-0.3, -0.25) is 0 Å². The number of halogens is 2. The number of anilines is 1. The number of fused-ring (bicyclic) bond motifs is 1. The van der Waals surface area contributed by atoms with Crippen LogP contribution in [0.3, 0.4) is 0 Å². The van der Waals surface area contributed by atoms with Gasteiger partial charge in [0.25, 0.3) is 0 Å². The van der Waals surface area contributed by atoms with Crippen LogP contribution < -0.4 is 20.5 Å². The molecule has 1 aromatic carbocycles. The number of rotatable bonds is 2. The van der Waals surface area contributed by atoms with Gasteiger partial charge in [0.2, 0.25) is 0 Å². The van der Waals surface area contributed by atoms with Gasteiger partial charge < -0.3 is 25.4 Å². The number of hydrogen-bond donors (Lipinski definition) is 2. The summed E-state index contributed by atoms with van der Waals surface area (Å²) in [7, 11) is 0. The van der Waals surface area contributed by atoms with Crippen LogP contribution >= 0.6 is 0 Å². The lowest BCUT2D eigenvalue weighted by Gasteiger charge is -2.31. The Balaban J connectivity index is 1.61. The number of benzene rings is 1. The quantitative estimate of drug-likeness (QED) is 0.875. The molecule has 0 spiro atoms. The van der Waals surface area contributed by atoms with Crippen LogP contribution in [-0.4, -0.2) is 36.4 Å². The van der Waals surface area contributed by atoms with Gasteiger partial charge in [-0.2, -0.15) is 0 Å². The number of primary amides is 1. The highest BCUT2D eigenvalue weighted by atomic mass is 19.3. The Morgan fingerprint density at radius 3 is 2.62 bits per heavy atom. The zero-order valence-corrected chi connectivity index (χ0v) is 11.1. The smallest absolute Gasteiger partial charge is 0.395 e. The molecular weight excluding hydrogens is 284 g/mol. The van der Waals surface area contributed by atoms with Gasteiger partial charge in [-0.25, -0.2) is 4.79 Å². The molecule has 0 aromatic heterocycles. The molecule has 6 nitrogen and oxygen atoms in total. The fourth-order valence-corrected chi connectivity index (χ4v) is 2.52. The summed E-state index contributed by atoms with van der Waals surface area (Å²) < 4.78 is 34.6. The molecular formula is C13H15F2N3O3. The molecule has 1 saturated heterocycles. The molecule has 3 N–H and O–H groups in total. The van der Waals surface area contributed by atoms with Crippen molar-refractivity contribution in [3.63, 3.8) is 0 Å². The fraction of sp³-hybridized carbons (Fsp3) is 0.462. The number of nitrogens with one attached hydrogen (secondary N) is 1. The summed E-state index contributed by atoms with van der Waals surface area (Å²) in [6.45, 7) is 1.16. The maximum Gasteiger partial charge on any atom is 0.586 e. The third kappa shape index (κ3) is 2.93. The van der Waals surface area contributed by atoms with E-state index in [1.807, 2.05) is 0 Å². The van der Waals surface area contributed by atoms with Crippen molar-refractivity contribution in [1.29, 1.82) is 0 Å². The zero-order chi connectivity index (χ0) is 15.0. The molecule has 2 aliphatic heterocycles. The molecule has 1 aromatic rings. The predicted octanol–water partition coefficient (Wildman–Crippen LogP) is 1.96. The second kappa shape index (κ2) is 4.94. The molecule has 0 unspecified atom stereocenters. The summed E-state index contributed by atoms with van der Waals surface area (Å²) in [5.41, 5.74) is 5.89. The highest BCUT2D eigenvalue weighted by Crippen LogP contribution is 2.42. The third-order valence-electron chi connectivity index (χ3n) is 3.58. The predicted molar refractivity (Wildman–Crippen MR) is 70.4 cm³/mol. The van der Waals surface area contributed by atoms with Gasteiger partial charge in [-0.05, 0) is 25.0 Å². The minimum Gasteiger partial charge on any atom is -0.395 e. The number of carbonyl (C=O) groups is 1. The largest absolute Gasteiger partial charge is 0.586 e. The Hall–Kier alpha value is -2.25. The fourth-order valence-electron chi connectivity index (χ4n) is 2.52. The average molecular weight is 299 g/mol. The highest BCUT2D eigenvalue weighted by molar-refractivity contribution is 5.72. The van der Waals surface area contributed by atoms with Crippen molar-refractivity contribution >= 4 is 11.7 Å². The second-order valence-corrected chi connectivity index (χ2v) is 5.07. The van der Waals surface area contributed by atoms with E-state index in [2.05, 4.69) is 14.8 Å². The molecule has 2 amide bonds. The molecule has 114 valence electrons. The first-order valence-corrected chi connectivity index (χ1v) is 6.64. The molecule has 0 saturated carbocycles. The van der Waals surface area contributed by atoms with Crippen LogP contribution in [0, 0.1) is 0 Å². The molecule has 0 radical (unpaired) electrons. The minimum atomic E-state index is -3.60. The first kappa shape index (κ1) is 13.7. The molecule has 0 atom stereocenters. The van der Waals surface area contributed by atoms with Gasteiger partial charge >= 0.3 is 12.3 Å². The van der Waals surface area contributed by atoms with Crippen LogP contribution in [0.4, 0.5) is 19.3 Å². The van der Waals surface area contributed by atoms with E-state index in [1.54, 1.807) is 11.0 Å². The molecule has 1 fully saturated rings. The highest BCUT2D eigenvalue weighted by Gasteiger charge is 2.43. The van der Waals surface area contributed by atoms with E-state index in [0.29, 0.717) is 18.8 Å². The molecule has 21 heavy (non-hydrogen) atoms. The first-order valence-electron chi connectivity index (χ1n) is 6.64. The Bertz CT molecular complexity index is 560. The van der Waals surface area contributed by atoms with Crippen molar-refractivity contribution in [1.82, 2.24) is 4.90 Å². The lowest BCUT2D eigenvalue weighted by Crippen LogP contribution is -2.44. The van der Waals surface area contributed by atoms with Gasteiger partial charge in [0, 0.05) is 30.9 Å². The SMILES string of the molecule is NC(=O)N1CCC(Nc2ccc3c(c2)OC(F)(F)O3)CC1. The summed E-state index contributed by atoms with van der Waals surface area (Å²) in [4.78, 5) is 12.6. The number of nitrogens with zero attached hydrogens (tertiary/aromatic N) is 1. The molecule has 2 aliphatic rings. The lowest BCUT2D eigenvalue weighted by atomic mass is 10.0. The van der Waals surface area contributed by atoms with Crippen molar-refractivity contribution in [3.8, 4) is 11.5 Å². The Labute approximate surface area is 119 Å². The number of piperidine rings is 1. The number of likely N-dealkylation sites (tertiary alicyclic amines) is 1. The van der Waals surface area contributed by atoms with Gasteiger partial charge in [0.1, 0.15) is 0 Å². The van der Waals surface area contributed by atoms with Crippen molar-refractivity contribution in [3.05, 3.63) is 18.2 Å². The summed E-state index contributed by atoms with van der Waals surface area (Å²) in [5, 5.41) is 3.24. The van der Waals surface area contributed by atoms with Gasteiger partial charge in [-0.1, -0.05) is 0 Å². The van der Waals surface area contributed by atoms with Crippen molar-refractivity contribution in [2.24, 2.45) is 5.73 Å². The van der Waals surface area contributed by atoms with E-state index in [9.17, 15) is 13.6 Å². The number of hydrogen-bond acceptors (Lipinski definition) is 4. The number of carbonyl (C=O) groups excluding carboxylic acids is 1. The van der Waals surface area contributed by atoms with Crippen LogP contribution in [0.5, 0.6) is 11.5 Å². The van der Waals surface area contributed by atoms with Crippen LogP contribution in [0.25, 0.3) is 0 Å². The summed E-state index contributed by atoms with van der Waals surface area (Å²) in [6, 6.07) is 4.32.